The Morgan fingerprint density at radius 2 is 1.75 bits per heavy atom. The number of phenols is 1. The standard InChI is InChI=1S/C23H23Cl2NO5S/c1-4-12-31-23(28)19-13(2)26-14(3)22(20(19)17-6-5-7-18(24)21(17)25)32(29,30)16-10-8-15(27)9-11-16/h5-11,20,26-27H,4,12H2,1-3H3. The number of halogens is 2. The van der Waals surface area contributed by atoms with E-state index in [2.05, 4.69) is 5.32 Å². The van der Waals surface area contributed by atoms with Crippen LogP contribution < -0.4 is 5.32 Å². The van der Waals surface area contributed by atoms with Crippen molar-refractivity contribution in [1.82, 2.24) is 5.32 Å². The molecule has 0 spiro atoms. The summed E-state index contributed by atoms with van der Waals surface area (Å²) < 4.78 is 32.9. The molecular formula is C23H23Cl2NO5S. The zero-order valence-electron chi connectivity index (χ0n) is 17.8. The van der Waals surface area contributed by atoms with Gasteiger partial charge in [0.25, 0.3) is 0 Å². The van der Waals surface area contributed by atoms with Crippen LogP contribution in [0.1, 0.15) is 38.7 Å². The van der Waals surface area contributed by atoms with Crippen LogP contribution in [-0.4, -0.2) is 26.1 Å². The maximum Gasteiger partial charge on any atom is 0.336 e. The zero-order chi connectivity index (χ0) is 23.6. The van der Waals surface area contributed by atoms with Crippen LogP contribution in [0.2, 0.25) is 10.0 Å². The predicted molar refractivity (Wildman–Crippen MR) is 124 cm³/mol. The second kappa shape index (κ2) is 9.57. The van der Waals surface area contributed by atoms with Crippen LogP contribution in [-0.2, 0) is 19.4 Å². The number of hydrogen-bond acceptors (Lipinski definition) is 6. The molecule has 1 atom stereocenters. The molecule has 0 radical (unpaired) electrons. The molecule has 0 fully saturated rings. The Hall–Kier alpha value is -2.48. The van der Waals surface area contributed by atoms with Gasteiger partial charge in [-0.3, -0.25) is 0 Å². The fourth-order valence-electron chi connectivity index (χ4n) is 3.67. The number of benzene rings is 2. The molecule has 2 aromatic rings. The lowest BCUT2D eigenvalue weighted by molar-refractivity contribution is -0.139. The molecule has 170 valence electrons. The quantitative estimate of drug-likeness (QED) is 0.526. The van der Waals surface area contributed by atoms with Crippen molar-refractivity contribution in [2.45, 2.75) is 38.0 Å². The third-order valence-electron chi connectivity index (χ3n) is 5.09. The number of phenolic OH excluding ortho intramolecular Hbond substituents is 1. The van der Waals surface area contributed by atoms with E-state index < -0.39 is 21.7 Å². The first kappa shape index (κ1) is 24.2. The van der Waals surface area contributed by atoms with Crippen LogP contribution in [0.25, 0.3) is 0 Å². The molecule has 6 nitrogen and oxygen atoms in total. The summed E-state index contributed by atoms with van der Waals surface area (Å²) in [6, 6.07) is 10.1. The van der Waals surface area contributed by atoms with Gasteiger partial charge in [-0.05, 0) is 56.2 Å². The Labute approximate surface area is 197 Å². The summed E-state index contributed by atoms with van der Waals surface area (Å²) in [6.07, 6.45) is 0.613. The van der Waals surface area contributed by atoms with Crippen LogP contribution in [0.15, 0.2) is 69.2 Å². The topological polar surface area (TPSA) is 92.7 Å². The second-order valence-corrected chi connectivity index (χ2v) is 10.1. The molecule has 1 heterocycles. The van der Waals surface area contributed by atoms with Crippen LogP contribution in [0.5, 0.6) is 5.75 Å². The fourth-order valence-corrected chi connectivity index (χ4v) is 5.84. The van der Waals surface area contributed by atoms with Crippen LogP contribution in [0.4, 0.5) is 0 Å². The number of hydrogen-bond donors (Lipinski definition) is 2. The highest BCUT2D eigenvalue weighted by Gasteiger charge is 2.41. The Balaban J connectivity index is 2.29. The van der Waals surface area contributed by atoms with Gasteiger partial charge in [-0.1, -0.05) is 42.3 Å². The predicted octanol–water partition coefficient (Wildman–Crippen LogP) is 5.32. The molecule has 1 aliphatic rings. The van der Waals surface area contributed by atoms with E-state index in [-0.39, 0.29) is 37.8 Å². The minimum atomic E-state index is -4.10. The van der Waals surface area contributed by atoms with Crippen molar-refractivity contribution in [1.29, 1.82) is 0 Å². The van der Waals surface area contributed by atoms with E-state index >= 15 is 0 Å². The number of allylic oxidation sites excluding steroid dienone is 3. The lowest BCUT2D eigenvalue weighted by Gasteiger charge is -2.32. The van der Waals surface area contributed by atoms with Crippen LogP contribution >= 0.6 is 23.2 Å². The molecule has 0 saturated carbocycles. The SMILES string of the molecule is CCCOC(=O)C1=C(C)NC(C)=C(S(=O)(=O)c2ccc(O)cc2)C1c1cccc(Cl)c1Cl. The van der Waals surface area contributed by atoms with Crippen molar-refractivity contribution in [2.75, 3.05) is 6.61 Å². The second-order valence-electron chi connectivity index (χ2n) is 7.36. The lowest BCUT2D eigenvalue weighted by atomic mass is 9.86. The Morgan fingerprint density at radius 3 is 2.38 bits per heavy atom. The number of esters is 1. The highest BCUT2D eigenvalue weighted by atomic mass is 35.5. The molecule has 1 unspecified atom stereocenters. The molecule has 9 heteroatoms. The Morgan fingerprint density at radius 1 is 1.09 bits per heavy atom. The number of aromatic hydroxyl groups is 1. The number of sulfone groups is 1. The zero-order valence-corrected chi connectivity index (χ0v) is 20.1. The molecule has 0 aromatic heterocycles. The van der Waals surface area contributed by atoms with E-state index in [0.29, 0.717) is 23.4 Å². The number of dihydropyridines is 1. The van der Waals surface area contributed by atoms with Gasteiger partial charge in [-0.15, -0.1) is 0 Å². The van der Waals surface area contributed by atoms with Crippen LogP contribution in [0, 0.1) is 0 Å². The van der Waals surface area contributed by atoms with Gasteiger partial charge >= 0.3 is 5.97 Å². The Bertz CT molecular complexity index is 1220. The van der Waals surface area contributed by atoms with E-state index in [4.69, 9.17) is 27.9 Å². The van der Waals surface area contributed by atoms with Crippen molar-refractivity contribution < 1.29 is 23.1 Å². The third kappa shape index (κ3) is 4.51. The van der Waals surface area contributed by atoms with Crippen molar-refractivity contribution in [3.8, 4) is 5.75 Å². The maximum absolute atomic E-state index is 13.7. The molecule has 0 aliphatic carbocycles. The van der Waals surface area contributed by atoms with Crippen molar-refractivity contribution in [3.05, 3.63) is 79.9 Å². The van der Waals surface area contributed by atoms with E-state index in [1.807, 2.05) is 6.92 Å². The van der Waals surface area contributed by atoms with E-state index in [9.17, 15) is 18.3 Å². The highest BCUT2D eigenvalue weighted by molar-refractivity contribution is 7.95. The smallest absolute Gasteiger partial charge is 0.336 e. The molecule has 0 bridgehead atoms. The number of carbonyl (C=O) groups is 1. The van der Waals surface area contributed by atoms with Crippen molar-refractivity contribution >= 4 is 39.0 Å². The van der Waals surface area contributed by atoms with Gasteiger partial charge in [0.1, 0.15) is 5.75 Å². The minimum absolute atomic E-state index is 0.0320. The third-order valence-corrected chi connectivity index (χ3v) is 7.93. The first-order valence-electron chi connectivity index (χ1n) is 9.93. The van der Waals surface area contributed by atoms with Gasteiger partial charge in [-0.25, -0.2) is 13.2 Å². The minimum Gasteiger partial charge on any atom is -0.508 e. The molecule has 1 aliphatic heterocycles. The molecule has 2 N–H and O–H groups in total. The van der Waals surface area contributed by atoms with E-state index in [1.54, 1.807) is 32.0 Å². The first-order chi connectivity index (χ1) is 15.1. The normalized spacial score (nSPS) is 16.7. The molecule has 32 heavy (non-hydrogen) atoms. The largest absolute Gasteiger partial charge is 0.508 e. The average molecular weight is 496 g/mol. The molecule has 0 amide bonds. The van der Waals surface area contributed by atoms with Gasteiger partial charge in [0.2, 0.25) is 9.84 Å². The van der Waals surface area contributed by atoms with Gasteiger partial charge < -0.3 is 15.2 Å². The van der Waals surface area contributed by atoms with Gasteiger partial charge in [-0.2, -0.15) is 0 Å². The van der Waals surface area contributed by atoms with E-state index in [1.165, 1.54) is 24.3 Å². The monoisotopic (exact) mass is 495 g/mol. The molecule has 0 saturated heterocycles. The Kier molecular flexibility index (Phi) is 7.22. The lowest BCUT2D eigenvalue weighted by Crippen LogP contribution is -2.32. The van der Waals surface area contributed by atoms with Crippen molar-refractivity contribution in [3.63, 3.8) is 0 Å². The number of carbonyl (C=O) groups excluding carboxylic acids is 1. The summed E-state index contributed by atoms with van der Waals surface area (Å²) >= 11 is 12.7. The average Bonchev–Trinajstić information content (AvgIpc) is 2.73. The number of nitrogens with one attached hydrogen (secondary N) is 1. The first-order valence-corrected chi connectivity index (χ1v) is 12.2. The van der Waals surface area contributed by atoms with Gasteiger partial charge in [0.05, 0.1) is 37.9 Å². The summed E-state index contributed by atoms with van der Waals surface area (Å²) in [4.78, 5) is 13.0. The number of ether oxygens (including phenoxy) is 1. The summed E-state index contributed by atoms with van der Waals surface area (Å²) in [5.41, 5.74) is 1.34. The van der Waals surface area contributed by atoms with E-state index in [0.717, 1.165) is 0 Å². The summed E-state index contributed by atoms with van der Waals surface area (Å²) in [5, 5.41) is 13.0. The van der Waals surface area contributed by atoms with Crippen LogP contribution in [0.3, 0.4) is 0 Å². The summed E-state index contributed by atoms with van der Waals surface area (Å²) in [7, 11) is -4.10. The molecular weight excluding hydrogens is 473 g/mol. The van der Waals surface area contributed by atoms with Crippen molar-refractivity contribution in [2.24, 2.45) is 0 Å². The summed E-state index contributed by atoms with van der Waals surface area (Å²) in [6.45, 7) is 5.36. The van der Waals surface area contributed by atoms with Gasteiger partial charge in [0, 0.05) is 11.4 Å². The fraction of sp³-hybridized carbons (Fsp3) is 0.261. The number of rotatable bonds is 6. The highest BCUT2D eigenvalue weighted by Crippen LogP contribution is 2.46. The maximum atomic E-state index is 13.7. The molecule has 2 aromatic carbocycles. The van der Waals surface area contributed by atoms with Gasteiger partial charge in [0.15, 0.2) is 0 Å². The summed E-state index contributed by atoms with van der Waals surface area (Å²) in [5.74, 6) is -1.74. The molecule has 3 rings (SSSR count).